The molecule has 1 aliphatic heterocycles. The molecule has 52 valence electrons. The normalized spacial score (nSPS) is 34.0. The molecule has 0 bridgehead atoms. The number of rotatable bonds is 1. The summed E-state index contributed by atoms with van der Waals surface area (Å²) in [6.07, 6.45) is 4.79. The number of ether oxygens (including phenoxy) is 1. The first-order valence-corrected chi connectivity index (χ1v) is 3.28. The van der Waals surface area contributed by atoms with Crippen molar-refractivity contribution in [3.8, 4) is 0 Å². The smallest absolute Gasteiger partial charge is 0.0903 e. The van der Waals surface area contributed by atoms with Gasteiger partial charge in [-0.1, -0.05) is 6.92 Å². The summed E-state index contributed by atoms with van der Waals surface area (Å²) in [4.78, 5) is 0. The van der Waals surface area contributed by atoms with Gasteiger partial charge in [0, 0.05) is 6.42 Å². The first-order valence-electron chi connectivity index (χ1n) is 3.28. The van der Waals surface area contributed by atoms with Gasteiger partial charge in [0.2, 0.25) is 0 Å². The highest BCUT2D eigenvalue weighted by Gasteiger charge is 2.22. The van der Waals surface area contributed by atoms with Gasteiger partial charge >= 0.3 is 0 Å². The highest BCUT2D eigenvalue weighted by molar-refractivity contribution is 4.99. The summed E-state index contributed by atoms with van der Waals surface area (Å²) in [6.45, 7) is 2.61. The van der Waals surface area contributed by atoms with E-state index in [1.807, 2.05) is 6.92 Å². The standard InChI is InChI=1S/C7H12O2/c1-2-7(8)3-5-9-6-4-7/h3,5,8H,2,4,6H2,1H3/t7-/m0/s1. The van der Waals surface area contributed by atoms with Crippen molar-refractivity contribution in [2.45, 2.75) is 25.4 Å². The lowest BCUT2D eigenvalue weighted by Crippen LogP contribution is -2.28. The van der Waals surface area contributed by atoms with Crippen molar-refractivity contribution in [1.29, 1.82) is 0 Å². The van der Waals surface area contributed by atoms with E-state index in [0.717, 1.165) is 12.8 Å². The Morgan fingerprint density at radius 2 is 2.56 bits per heavy atom. The van der Waals surface area contributed by atoms with Gasteiger partial charge in [0.15, 0.2) is 0 Å². The van der Waals surface area contributed by atoms with Gasteiger partial charge in [-0.3, -0.25) is 0 Å². The quantitative estimate of drug-likeness (QED) is 0.572. The summed E-state index contributed by atoms with van der Waals surface area (Å²) < 4.78 is 4.93. The summed E-state index contributed by atoms with van der Waals surface area (Å²) in [7, 11) is 0. The molecule has 9 heavy (non-hydrogen) atoms. The molecule has 0 amide bonds. The maximum atomic E-state index is 9.51. The fraction of sp³-hybridized carbons (Fsp3) is 0.714. The third kappa shape index (κ3) is 1.45. The molecule has 0 radical (unpaired) electrons. The van der Waals surface area contributed by atoms with Crippen LogP contribution in [0.1, 0.15) is 19.8 Å². The van der Waals surface area contributed by atoms with Crippen molar-refractivity contribution in [3.05, 3.63) is 12.3 Å². The van der Waals surface area contributed by atoms with Crippen LogP contribution in [0.25, 0.3) is 0 Å². The number of hydrogen-bond acceptors (Lipinski definition) is 2. The van der Waals surface area contributed by atoms with E-state index >= 15 is 0 Å². The van der Waals surface area contributed by atoms with Crippen LogP contribution in [0.4, 0.5) is 0 Å². The second-order valence-corrected chi connectivity index (χ2v) is 2.38. The molecule has 0 aromatic carbocycles. The summed E-state index contributed by atoms with van der Waals surface area (Å²) in [5.74, 6) is 0. The van der Waals surface area contributed by atoms with Crippen LogP contribution < -0.4 is 0 Å². The number of hydrogen-bond donors (Lipinski definition) is 1. The second kappa shape index (κ2) is 2.40. The lowest BCUT2D eigenvalue weighted by atomic mass is 9.96. The SMILES string of the molecule is CC[C@]1(O)C=COCC1. The van der Waals surface area contributed by atoms with Crippen molar-refractivity contribution >= 4 is 0 Å². The Balaban J connectivity index is 2.56. The molecule has 0 saturated heterocycles. The van der Waals surface area contributed by atoms with Crippen molar-refractivity contribution in [3.63, 3.8) is 0 Å². The van der Waals surface area contributed by atoms with Gasteiger partial charge < -0.3 is 9.84 Å². The first kappa shape index (κ1) is 6.62. The fourth-order valence-corrected chi connectivity index (χ4v) is 0.856. The predicted octanol–water partition coefficient (Wildman–Crippen LogP) is 1.06. The average Bonchev–Trinajstić information content (AvgIpc) is 1.90. The van der Waals surface area contributed by atoms with Gasteiger partial charge in [-0.2, -0.15) is 0 Å². The molecule has 0 fully saturated rings. The Hall–Kier alpha value is -0.500. The zero-order valence-electron chi connectivity index (χ0n) is 5.63. The Kier molecular flexibility index (Phi) is 1.76. The van der Waals surface area contributed by atoms with E-state index in [9.17, 15) is 5.11 Å². The van der Waals surface area contributed by atoms with E-state index in [1.165, 1.54) is 0 Å². The van der Waals surface area contributed by atoms with E-state index < -0.39 is 5.60 Å². The minimum absolute atomic E-state index is 0.585. The van der Waals surface area contributed by atoms with Gasteiger partial charge in [0.25, 0.3) is 0 Å². The van der Waals surface area contributed by atoms with Gasteiger partial charge in [0.05, 0.1) is 18.5 Å². The Labute approximate surface area is 55.1 Å². The molecule has 1 N–H and O–H groups in total. The summed E-state index contributed by atoms with van der Waals surface area (Å²) in [5.41, 5.74) is -0.585. The average molecular weight is 128 g/mol. The van der Waals surface area contributed by atoms with E-state index in [1.54, 1.807) is 12.3 Å². The maximum absolute atomic E-state index is 9.51. The Morgan fingerprint density at radius 3 is 2.89 bits per heavy atom. The van der Waals surface area contributed by atoms with Crippen LogP contribution in [0.2, 0.25) is 0 Å². The third-order valence-electron chi connectivity index (χ3n) is 1.74. The van der Waals surface area contributed by atoms with Gasteiger partial charge in [-0.05, 0) is 12.5 Å². The number of aliphatic hydroxyl groups is 1. The molecule has 0 saturated carbocycles. The van der Waals surface area contributed by atoms with E-state index in [-0.39, 0.29) is 0 Å². The molecule has 1 rings (SSSR count). The van der Waals surface area contributed by atoms with Crippen molar-refractivity contribution in [2.75, 3.05) is 6.61 Å². The van der Waals surface area contributed by atoms with Crippen molar-refractivity contribution in [2.24, 2.45) is 0 Å². The first-order chi connectivity index (χ1) is 4.27. The monoisotopic (exact) mass is 128 g/mol. The molecule has 2 nitrogen and oxygen atoms in total. The minimum Gasteiger partial charge on any atom is -0.501 e. The highest BCUT2D eigenvalue weighted by Crippen LogP contribution is 2.19. The lowest BCUT2D eigenvalue weighted by molar-refractivity contribution is 0.0344. The van der Waals surface area contributed by atoms with Crippen LogP contribution >= 0.6 is 0 Å². The third-order valence-corrected chi connectivity index (χ3v) is 1.74. The van der Waals surface area contributed by atoms with E-state index in [2.05, 4.69) is 0 Å². The van der Waals surface area contributed by atoms with Crippen LogP contribution in [0.15, 0.2) is 12.3 Å². The minimum atomic E-state index is -0.585. The molecule has 1 atom stereocenters. The molecule has 1 heterocycles. The van der Waals surface area contributed by atoms with Crippen LogP contribution in [0, 0.1) is 0 Å². The van der Waals surface area contributed by atoms with Gasteiger partial charge in [-0.15, -0.1) is 0 Å². The molecule has 0 unspecified atom stereocenters. The summed E-state index contributed by atoms with van der Waals surface area (Å²) in [5, 5.41) is 9.51. The zero-order chi connectivity index (χ0) is 6.74. The largest absolute Gasteiger partial charge is 0.501 e. The molecular formula is C7H12O2. The Bertz CT molecular complexity index is 120. The topological polar surface area (TPSA) is 29.5 Å². The molecule has 2 heteroatoms. The zero-order valence-corrected chi connectivity index (χ0v) is 5.63. The molecule has 0 aliphatic carbocycles. The molecule has 0 aromatic rings. The second-order valence-electron chi connectivity index (χ2n) is 2.38. The van der Waals surface area contributed by atoms with Gasteiger partial charge in [-0.25, -0.2) is 0 Å². The van der Waals surface area contributed by atoms with Crippen molar-refractivity contribution in [1.82, 2.24) is 0 Å². The van der Waals surface area contributed by atoms with E-state index in [0.29, 0.717) is 6.61 Å². The van der Waals surface area contributed by atoms with Crippen LogP contribution in [-0.2, 0) is 4.74 Å². The summed E-state index contributed by atoms with van der Waals surface area (Å²) >= 11 is 0. The predicted molar refractivity (Wildman–Crippen MR) is 34.9 cm³/mol. The summed E-state index contributed by atoms with van der Waals surface area (Å²) in [6, 6.07) is 0. The van der Waals surface area contributed by atoms with Crippen molar-refractivity contribution < 1.29 is 9.84 Å². The molecule has 1 aliphatic rings. The van der Waals surface area contributed by atoms with Crippen LogP contribution in [0.5, 0.6) is 0 Å². The maximum Gasteiger partial charge on any atom is 0.0903 e. The van der Waals surface area contributed by atoms with E-state index in [4.69, 9.17) is 4.74 Å². The van der Waals surface area contributed by atoms with Crippen LogP contribution in [0.3, 0.4) is 0 Å². The molecule has 0 aromatic heterocycles. The van der Waals surface area contributed by atoms with Gasteiger partial charge in [0.1, 0.15) is 0 Å². The lowest BCUT2D eigenvalue weighted by Gasteiger charge is -2.25. The molecule has 0 spiro atoms. The Morgan fingerprint density at radius 1 is 1.78 bits per heavy atom. The fourth-order valence-electron chi connectivity index (χ4n) is 0.856. The molecular weight excluding hydrogens is 116 g/mol. The van der Waals surface area contributed by atoms with Crippen LogP contribution in [-0.4, -0.2) is 17.3 Å². The highest BCUT2D eigenvalue weighted by atomic mass is 16.5.